The Balaban J connectivity index is 0. The Kier molecular flexibility index (Phi) is 13.5. The number of aliphatic imine (C=N–C) groups is 1. The summed E-state index contributed by atoms with van der Waals surface area (Å²) in [6.07, 6.45) is 2.57. The van der Waals surface area contributed by atoms with E-state index in [9.17, 15) is 19.8 Å². The monoisotopic (exact) mass is 437 g/mol. The summed E-state index contributed by atoms with van der Waals surface area (Å²) in [5.41, 5.74) is 0.159. The van der Waals surface area contributed by atoms with Crippen molar-refractivity contribution in [3.05, 3.63) is 27.7 Å². The van der Waals surface area contributed by atoms with Crippen LogP contribution in [0.15, 0.2) is 17.1 Å². The van der Waals surface area contributed by atoms with Gasteiger partial charge < -0.3 is 19.9 Å². The van der Waals surface area contributed by atoms with Crippen LogP contribution >= 0.6 is 23.2 Å². The van der Waals surface area contributed by atoms with E-state index >= 15 is 0 Å². The van der Waals surface area contributed by atoms with Crippen molar-refractivity contribution in [2.45, 2.75) is 26.3 Å². The van der Waals surface area contributed by atoms with Gasteiger partial charge in [0.15, 0.2) is 0 Å². The van der Waals surface area contributed by atoms with Gasteiger partial charge in [-0.25, -0.2) is 0 Å². The molecule has 0 saturated carbocycles. The molecule has 1 aromatic carbocycles. The number of amides is 1. The third kappa shape index (κ3) is 9.70. The fourth-order valence-electron chi connectivity index (χ4n) is 1.50. The van der Waals surface area contributed by atoms with Crippen molar-refractivity contribution in [1.82, 2.24) is 4.90 Å². The second-order valence-electron chi connectivity index (χ2n) is 5.30. The summed E-state index contributed by atoms with van der Waals surface area (Å²) in [5.74, 6) is -1.90. The largest absolute Gasteiger partial charge is 2.00 e. The van der Waals surface area contributed by atoms with Gasteiger partial charge in [0.05, 0.1) is 12.0 Å². The van der Waals surface area contributed by atoms with Crippen LogP contribution in [0.2, 0.25) is 10.0 Å². The molecule has 0 N–H and O–H groups in total. The summed E-state index contributed by atoms with van der Waals surface area (Å²) in [6.45, 7) is 3.60. The first-order chi connectivity index (χ1) is 11.1. The molecule has 1 aromatic rings. The maximum Gasteiger partial charge on any atom is 2.00 e. The number of carbonyl (C=O) groups is 2. The smallest absolute Gasteiger partial charge is 0.871 e. The van der Waals surface area contributed by atoms with Gasteiger partial charge in [0, 0.05) is 30.4 Å². The third-order valence-corrected chi connectivity index (χ3v) is 3.55. The van der Waals surface area contributed by atoms with Crippen LogP contribution in [0.4, 0.5) is 0 Å². The Morgan fingerprint density at radius 2 is 1.88 bits per heavy atom. The Bertz CT molecular complexity index is 598. The van der Waals surface area contributed by atoms with Crippen molar-refractivity contribution in [3.63, 3.8) is 0 Å². The molecular weight excluding hydrogens is 419 g/mol. The first-order valence-corrected chi connectivity index (χ1v) is 7.91. The normalized spacial score (nSPS) is 12.4. The molecule has 1 rings (SSSR count). The van der Waals surface area contributed by atoms with Crippen molar-refractivity contribution in [2.75, 3.05) is 14.1 Å². The van der Waals surface area contributed by atoms with Crippen LogP contribution in [0.25, 0.3) is 0 Å². The summed E-state index contributed by atoms with van der Waals surface area (Å²) < 4.78 is 0. The van der Waals surface area contributed by atoms with Crippen LogP contribution in [-0.4, -0.2) is 43.6 Å². The molecule has 143 valence electrons. The zero-order chi connectivity index (χ0) is 18.9. The molecule has 0 heterocycles. The van der Waals surface area contributed by atoms with Crippen LogP contribution < -0.4 is 10.2 Å². The number of carboxylic acid groups (broad SMARTS) is 1. The number of benzene rings is 1. The minimum Gasteiger partial charge on any atom is -0.871 e. The molecule has 0 unspecified atom stereocenters. The average molecular weight is 439 g/mol. The molecule has 0 aliphatic carbocycles. The second-order valence-corrected chi connectivity index (χ2v) is 6.15. The minimum atomic E-state index is -1.27. The topological polar surface area (TPSA) is 95.9 Å². The van der Waals surface area contributed by atoms with Crippen molar-refractivity contribution >= 4 is 41.8 Å². The van der Waals surface area contributed by atoms with Gasteiger partial charge in [0.25, 0.3) is 0 Å². The summed E-state index contributed by atoms with van der Waals surface area (Å²) in [7, 11) is 3.38. The van der Waals surface area contributed by atoms with E-state index in [0.717, 1.165) is 6.41 Å². The standard InChI is InChI=1S/C13H15Cl2NO3.C3H7NO.Cu/c1-3-7(2)11(13(18)19)16-6-8-4-9(14)5-10(15)12(8)17;1-4(2)3-5;/h4-7,11,17H,3H2,1-2H3,(H,18,19);3H,1-2H3;/q;;+2/p-2/t7-,11-;;/m0../s1. The Labute approximate surface area is 168 Å². The molecule has 0 aromatic heterocycles. The fraction of sp³-hybridized carbons (Fsp3) is 0.438. The minimum absolute atomic E-state index is 0. The average Bonchev–Trinajstić information content (AvgIpc) is 2.51. The molecule has 0 aliphatic rings. The molecule has 0 bridgehead atoms. The second kappa shape index (κ2) is 13.0. The van der Waals surface area contributed by atoms with Gasteiger partial charge in [-0.05, 0) is 23.6 Å². The summed E-state index contributed by atoms with van der Waals surface area (Å²) >= 11 is 11.5. The van der Waals surface area contributed by atoms with Crippen molar-refractivity contribution in [2.24, 2.45) is 10.9 Å². The van der Waals surface area contributed by atoms with Gasteiger partial charge >= 0.3 is 17.1 Å². The molecule has 0 saturated heterocycles. The first kappa shape index (κ1) is 26.0. The quantitative estimate of drug-likeness (QED) is 0.380. The van der Waals surface area contributed by atoms with E-state index in [-0.39, 0.29) is 33.6 Å². The zero-order valence-electron chi connectivity index (χ0n) is 14.3. The van der Waals surface area contributed by atoms with Crippen LogP contribution in [0.3, 0.4) is 0 Å². The van der Waals surface area contributed by atoms with Gasteiger partial charge in [-0.3, -0.25) is 9.79 Å². The molecule has 0 aliphatic heterocycles. The number of hydrogen-bond donors (Lipinski definition) is 0. The Hall–Kier alpha value is -1.27. The van der Waals surface area contributed by atoms with E-state index in [1.165, 1.54) is 23.2 Å². The molecule has 0 spiro atoms. The van der Waals surface area contributed by atoms with E-state index < -0.39 is 17.8 Å². The van der Waals surface area contributed by atoms with E-state index in [0.29, 0.717) is 11.4 Å². The van der Waals surface area contributed by atoms with Crippen molar-refractivity contribution in [3.8, 4) is 5.75 Å². The molecule has 9 heteroatoms. The third-order valence-electron chi connectivity index (χ3n) is 3.05. The van der Waals surface area contributed by atoms with Gasteiger partial charge in [0.2, 0.25) is 6.41 Å². The molecular formula is C16H20Cl2CuN2O4. The van der Waals surface area contributed by atoms with Crippen LogP contribution in [0.1, 0.15) is 25.8 Å². The molecule has 2 atom stereocenters. The first-order valence-electron chi connectivity index (χ1n) is 7.15. The van der Waals surface area contributed by atoms with Crippen LogP contribution in [-0.2, 0) is 26.7 Å². The van der Waals surface area contributed by atoms with Crippen molar-refractivity contribution < 1.29 is 36.9 Å². The molecule has 25 heavy (non-hydrogen) atoms. The molecule has 1 radical (unpaired) electrons. The predicted molar refractivity (Wildman–Crippen MR) is 91.5 cm³/mol. The fourth-order valence-corrected chi connectivity index (χ4v) is 2.01. The van der Waals surface area contributed by atoms with Gasteiger partial charge in [-0.2, -0.15) is 0 Å². The number of nitrogens with zero attached hydrogens (tertiary/aromatic N) is 2. The number of carbonyl (C=O) groups excluding carboxylic acids is 2. The predicted octanol–water partition coefficient (Wildman–Crippen LogP) is 1.35. The van der Waals surface area contributed by atoms with Gasteiger partial charge in [0.1, 0.15) is 0 Å². The zero-order valence-corrected chi connectivity index (χ0v) is 16.7. The molecule has 0 fully saturated rings. The van der Waals surface area contributed by atoms with Gasteiger partial charge in [-0.1, -0.05) is 49.2 Å². The van der Waals surface area contributed by atoms with Crippen molar-refractivity contribution in [1.29, 1.82) is 0 Å². The van der Waals surface area contributed by atoms with Crippen LogP contribution in [0, 0.1) is 5.92 Å². The number of halogens is 2. The summed E-state index contributed by atoms with van der Waals surface area (Å²) in [5, 5.41) is 22.9. The Morgan fingerprint density at radius 3 is 2.28 bits per heavy atom. The maximum atomic E-state index is 11.7. The van der Waals surface area contributed by atoms with E-state index in [1.54, 1.807) is 21.0 Å². The number of rotatable bonds is 6. The van der Waals surface area contributed by atoms with E-state index in [1.807, 2.05) is 6.92 Å². The van der Waals surface area contributed by atoms with Gasteiger partial charge in [-0.15, -0.1) is 0 Å². The van der Waals surface area contributed by atoms with E-state index in [2.05, 4.69) is 4.99 Å². The number of carboxylic acids is 1. The molecule has 1 amide bonds. The number of hydrogen-bond acceptors (Lipinski definition) is 5. The summed E-state index contributed by atoms with van der Waals surface area (Å²) in [6, 6.07) is 1.72. The SMILES string of the molecule is CC[C@H](C)[C@H](N=Cc1cc(Cl)cc(Cl)c1[O-])C(=O)[O-].CN(C)C=O.[Cu+2]. The molecule has 6 nitrogen and oxygen atoms in total. The van der Waals surface area contributed by atoms with E-state index in [4.69, 9.17) is 23.2 Å². The maximum absolute atomic E-state index is 11.7. The summed E-state index contributed by atoms with van der Waals surface area (Å²) in [4.78, 5) is 25.8. The Morgan fingerprint density at radius 1 is 1.36 bits per heavy atom. The van der Waals surface area contributed by atoms with Crippen LogP contribution in [0.5, 0.6) is 5.75 Å². The number of aliphatic carboxylic acids is 1.